The minimum atomic E-state index is -0.726. The van der Waals surface area contributed by atoms with Crippen molar-refractivity contribution in [1.29, 1.82) is 0 Å². The van der Waals surface area contributed by atoms with Crippen molar-refractivity contribution in [2.45, 2.75) is 46.5 Å². The summed E-state index contributed by atoms with van der Waals surface area (Å²) < 4.78 is 10.7. The summed E-state index contributed by atoms with van der Waals surface area (Å²) in [6.45, 7) is 10.00. The fraction of sp³-hybridized carbons (Fsp3) is 0.346. The third-order valence-electron chi connectivity index (χ3n) is 5.33. The van der Waals surface area contributed by atoms with Crippen molar-refractivity contribution in [3.05, 3.63) is 71.7 Å². The number of rotatable bonds is 6. The monoisotopic (exact) mass is 434 g/mol. The number of carbonyl (C=O) groups excluding carboxylic acids is 2. The van der Waals surface area contributed by atoms with Crippen LogP contribution >= 0.6 is 0 Å². The Labute approximate surface area is 189 Å². The Morgan fingerprint density at radius 1 is 0.969 bits per heavy atom. The van der Waals surface area contributed by atoms with Gasteiger partial charge in [0.25, 0.3) is 5.91 Å². The molecule has 0 atom stereocenters. The lowest BCUT2D eigenvalue weighted by Crippen LogP contribution is -2.28. The van der Waals surface area contributed by atoms with E-state index in [0.29, 0.717) is 29.3 Å². The van der Waals surface area contributed by atoms with Gasteiger partial charge in [-0.3, -0.25) is 9.59 Å². The lowest BCUT2D eigenvalue weighted by Gasteiger charge is -2.19. The predicted molar refractivity (Wildman–Crippen MR) is 125 cm³/mol. The van der Waals surface area contributed by atoms with Crippen molar-refractivity contribution in [1.82, 2.24) is 4.98 Å². The molecule has 168 valence electrons. The smallest absolute Gasteiger partial charge is 0.311 e. The van der Waals surface area contributed by atoms with E-state index >= 15 is 0 Å². The van der Waals surface area contributed by atoms with Crippen LogP contribution in [0, 0.1) is 5.41 Å². The molecule has 2 aromatic carbocycles. The van der Waals surface area contributed by atoms with Crippen LogP contribution in [0.4, 0.5) is 5.69 Å². The van der Waals surface area contributed by atoms with Gasteiger partial charge >= 0.3 is 5.97 Å². The average molecular weight is 435 g/mol. The molecule has 1 heterocycles. The van der Waals surface area contributed by atoms with Gasteiger partial charge in [0.15, 0.2) is 11.7 Å². The van der Waals surface area contributed by atoms with Crippen LogP contribution in [-0.2, 0) is 21.4 Å². The van der Waals surface area contributed by atoms with Crippen LogP contribution in [0.3, 0.4) is 0 Å². The van der Waals surface area contributed by atoms with E-state index < -0.39 is 5.41 Å². The summed E-state index contributed by atoms with van der Waals surface area (Å²) in [6, 6.07) is 15.0. The van der Waals surface area contributed by atoms with E-state index in [9.17, 15) is 9.59 Å². The number of hydrogen-bond acceptors (Lipinski definition) is 5. The zero-order chi connectivity index (χ0) is 23.5. The highest BCUT2D eigenvalue weighted by molar-refractivity contribution is 6.04. The number of nitrogens with zero attached hydrogens (tertiary/aromatic N) is 1. The molecule has 1 amide bonds. The normalized spacial score (nSPS) is 11.8. The highest BCUT2D eigenvalue weighted by atomic mass is 16.5. The Morgan fingerprint density at radius 2 is 1.59 bits per heavy atom. The van der Waals surface area contributed by atoms with Gasteiger partial charge in [-0.15, -0.1) is 0 Å². The van der Waals surface area contributed by atoms with E-state index in [4.69, 9.17) is 9.15 Å². The molecule has 32 heavy (non-hydrogen) atoms. The Kier molecular flexibility index (Phi) is 6.53. The van der Waals surface area contributed by atoms with Gasteiger partial charge in [0, 0.05) is 23.2 Å². The van der Waals surface area contributed by atoms with Crippen molar-refractivity contribution < 1.29 is 18.7 Å². The molecule has 3 aromatic rings. The highest BCUT2D eigenvalue weighted by Crippen LogP contribution is 2.27. The van der Waals surface area contributed by atoms with Crippen LogP contribution in [0.5, 0.6) is 0 Å². The Bertz CT molecular complexity index is 1090. The molecule has 0 aliphatic carbocycles. The Balaban J connectivity index is 1.66. The third-order valence-corrected chi connectivity index (χ3v) is 5.33. The second-order valence-electron chi connectivity index (χ2n) is 9.53. The van der Waals surface area contributed by atoms with Crippen molar-refractivity contribution in [3.8, 4) is 11.3 Å². The number of benzene rings is 2. The first-order valence-corrected chi connectivity index (χ1v) is 10.5. The zero-order valence-corrected chi connectivity index (χ0v) is 19.5. The second-order valence-corrected chi connectivity index (χ2v) is 9.53. The number of hydrogen-bond donors (Lipinski definition) is 1. The molecule has 0 bridgehead atoms. The number of aromatic nitrogens is 1. The first kappa shape index (κ1) is 23.3. The van der Waals surface area contributed by atoms with Crippen LogP contribution in [0.15, 0.2) is 59.1 Å². The SMILES string of the molecule is COC(=O)C(C)(C)Cc1ncc(-c2ccc(NC(=O)c3ccc(C(C)(C)C)cc3)cc2)o1. The number of anilines is 1. The minimum Gasteiger partial charge on any atom is -0.469 e. The highest BCUT2D eigenvalue weighted by Gasteiger charge is 2.31. The molecule has 0 aliphatic heterocycles. The van der Waals surface area contributed by atoms with E-state index in [1.165, 1.54) is 12.7 Å². The summed E-state index contributed by atoms with van der Waals surface area (Å²) in [6.07, 6.45) is 1.97. The van der Waals surface area contributed by atoms with Crippen molar-refractivity contribution in [2.24, 2.45) is 5.41 Å². The average Bonchev–Trinajstić information content (AvgIpc) is 3.20. The van der Waals surface area contributed by atoms with Gasteiger partial charge in [0.05, 0.1) is 18.7 Å². The zero-order valence-electron chi connectivity index (χ0n) is 19.5. The largest absolute Gasteiger partial charge is 0.469 e. The van der Waals surface area contributed by atoms with Crippen molar-refractivity contribution >= 4 is 17.6 Å². The van der Waals surface area contributed by atoms with Gasteiger partial charge in [0.1, 0.15) is 0 Å². The Hall–Kier alpha value is -3.41. The number of oxazole rings is 1. The summed E-state index contributed by atoms with van der Waals surface area (Å²) in [5.74, 6) is 0.582. The van der Waals surface area contributed by atoms with Crippen LogP contribution in [0.25, 0.3) is 11.3 Å². The molecular weight excluding hydrogens is 404 g/mol. The van der Waals surface area contributed by atoms with E-state index in [2.05, 4.69) is 31.1 Å². The first-order chi connectivity index (χ1) is 15.0. The van der Waals surface area contributed by atoms with E-state index in [0.717, 1.165) is 5.56 Å². The number of amides is 1. The van der Waals surface area contributed by atoms with Gasteiger partial charge in [0.2, 0.25) is 0 Å². The maximum absolute atomic E-state index is 12.6. The molecule has 1 N–H and O–H groups in total. The molecule has 0 fully saturated rings. The molecule has 0 radical (unpaired) electrons. The fourth-order valence-electron chi connectivity index (χ4n) is 3.29. The summed E-state index contributed by atoms with van der Waals surface area (Å²) in [5, 5.41) is 2.91. The van der Waals surface area contributed by atoms with E-state index in [1.807, 2.05) is 48.5 Å². The second kappa shape index (κ2) is 8.99. The molecule has 6 heteroatoms. The van der Waals surface area contributed by atoms with Gasteiger partial charge in [-0.25, -0.2) is 4.98 Å². The van der Waals surface area contributed by atoms with Crippen LogP contribution in [-0.4, -0.2) is 24.0 Å². The maximum Gasteiger partial charge on any atom is 0.311 e. The molecule has 0 unspecified atom stereocenters. The van der Waals surface area contributed by atoms with Gasteiger partial charge in [-0.1, -0.05) is 32.9 Å². The number of carbonyl (C=O) groups is 2. The summed E-state index contributed by atoms with van der Waals surface area (Å²) >= 11 is 0. The summed E-state index contributed by atoms with van der Waals surface area (Å²) in [4.78, 5) is 28.7. The maximum atomic E-state index is 12.6. The standard InChI is InChI=1S/C26H30N2O4/c1-25(2,3)19-11-7-18(8-12-19)23(29)28-20-13-9-17(10-14-20)21-16-27-22(32-21)15-26(4,5)24(30)31-6/h7-14,16H,15H2,1-6H3,(H,28,29). The lowest BCUT2D eigenvalue weighted by molar-refractivity contribution is -0.150. The van der Waals surface area contributed by atoms with E-state index in [-0.39, 0.29) is 17.3 Å². The number of ether oxygens (including phenoxy) is 1. The molecule has 0 spiro atoms. The van der Waals surface area contributed by atoms with Gasteiger partial charge < -0.3 is 14.5 Å². The van der Waals surface area contributed by atoms with Crippen molar-refractivity contribution in [2.75, 3.05) is 12.4 Å². The van der Waals surface area contributed by atoms with E-state index in [1.54, 1.807) is 20.0 Å². The molecular formula is C26H30N2O4. The molecule has 0 saturated carbocycles. The molecule has 0 saturated heterocycles. The lowest BCUT2D eigenvalue weighted by atomic mass is 9.87. The quantitative estimate of drug-likeness (QED) is 0.508. The van der Waals surface area contributed by atoms with Crippen LogP contribution in [0.1, 0.15) is 56.4 Å². The van der Waals surface area contributed by atoms with Gasteiger partial charge in [-0.2, -0.15) is 0 Å². The summed E-state index contributed by atoms with van der Waals surface area (Å²) in [5.41, 5.74) is 2.61. The molecule has 0 aliphatic rings. The molecule has 6 nitrogen and oxygen atoms in total. The molecule has 1 aromatic heterocycles. The topological polar surface area (TPSA) is 81.4 Å². The first-order valence-electron chi connectivity index (χ1n) is 10.5. The van der Waals surface area contributed by atoms with Crippen LogP contribution < -0.4 is 5.32 Å². The number of esters is 1. The molecule has 3 rings (SSSR count). The third kappa shape index (κ3) is 5.44. The van der Waals surface area contributed by atoms with Gasteiger partial charge in [-0.05, 0) is 61.2 Å². The number of nitrogens with one attached hydrogen (secondary N) is 1. The minimum absolute atomic E-state index is 0.0421. The number of methoxy groups -OCH3 is 1. The predicted octanol–water partition coefficient (Wildman–Crippen LogP) is 5.63. The Morgan fingerprint density at radius 3 is 2.16 bits per heavy atom. The summed E-state index contributed by atoms with van der Waals surface area (Å²) in [7, 11) is 1.37. The van der Waals surface area contributed by atoms with Crippen molar-refractivity contribution in [3.63, 3.8) is 0 Å². The fourth-order valence-corrected chi connectivity index (χ4v) is 3.29. The van der Waals surface area contributed by atoms with Crippen LogP contribution in [0.2, 0.25) is 0 Å².